The summed E-state index contributed by atoms with van der Waals surface area (Å²) in [6.45, 7) is -0.0651. The second-order valence-electron chi connectivity index (χ2n) is 4.86. The summed E-state index contributed by atoms with van der Waals surface area (Å²) in [6, 6.07) is 10.4. The highest BCUT2D eigenvalue weighted by Gasteiger charge is 2.16. The van der Waals surface area contributed by atoms with Crippen LogP contribution in [0.5, 0.6) is 0 Å². The van der Waals surface area contributed by atoms with E-state index in [4.69, 9.17) is 13.9 Å². The molecule has 0 radical (unpaired) electrons. The molecule has 2 aromatic carbocycles. The molecule has 0 atom stereocenters. The smallest absolute Gasteiger partial charge is 0.371 e. The highest BCUT2D eigenvalue weighted by Crippen LogP contribution is 2.36. The Morgan fingerprint density at radius 2 is 1.62 bits per heavy atom. The summed E-state index contributed by atoms with van der Waals surface area (Å²) < 4.78 is 11.1. The lowest BCUT2D eigenvalue weighted by Gasteiger charge is -1.95. The quantitative estimate of drug-likeness (QED) is 0.587. The summed E-state index contributed by atoms with van der Waals surface area (Å²) in [5.74, 6) is -1.21. The number of rotatable bonds is 2. The van der Waals surface area contributed by atoms with Crippen LogP contribution in [0.3, 0.4) is 0 Å². The Morgan fingerprint density at radius 1 is 0.952 bits per heavy atom. The van der Waals surface area contributed by atoms with E-state index in [-0.39, 0.29) is 12.4 Å². The first-order valence-electron chi connectivity index (χ1n) is 6.39. The van der Waals surface area contributed by atoms with Gasteiger partial charge in [0.05, 0.1) is 6.61 Å². The van der Waals surface area contributed by atoms with Crippen LogP contribution in [-0.2, 0) is 6.61 Å². The normalized spacial score (nSPS) is 11.7. The maximum atomic E-state index is 11.1. The molecule has 0 amide bonds. The number of hydrogen-bond donors (Lipinski definition) is 2. The molecule has 5 heteroatoms. The largest absolute Gasteiger partial charge is 0.475 e. The number of carbonyl (C=O) groups is 1. The van der Waals surface area contributed by atoms with Crippen LogP contribution in [-0.4, -0.2) is 16.2 Å². The van der Waals surface area contributed by atoms with Crippen molar-refractivity contribution in [2.75, 3.05) is 0 Å². The number of carboxylic acid groups (broad SMARTS) is 1. The van der Waals surface area contributed by atoms with E-state index in [2.05, 4.69) is 0 Å². The Bertz CT molecular complexity index is 1010. The van der Waals surface area contributed by atoms with E-state index in [1.807, 2.05) is 6.07 Å². The van der Waals surface area contributed by atoms with Gasteiger partial charge in [0.1, 0.15) is 16.7 Å². The molecule has 21 heavy (non-hydrogen) atoms. The van der Waals surface area contributed by atoms with Crippen molar-refractivity contribution < 1.29 is 23.8 Å². The molecule has 4 aromatic rings. The Labute approximate surface area is 118 Å². The van der Waals surface area contributed by atoms with Crippen molar-refractivity contribution in [3.8, 4) is 0 Å². The minimum Gasteiger partial charge on any atom is -0.475 e. The zero-order valence-electron chi connectivity index (χ0n) is 10.8. The van der Waals surface area contributed by atoms with Crippen LogP contribution in [0.2, 0.25) is 0 Å². The molecular formula is C16H10O5. The summed E-state index contributed by atoms with van der Waals surface area (Å²) in [4.78, 5) is 11.1. The van der Waals surface area contributed by atoms with Crippen molar-refractivity contribution in [3.63, 3.8) is 0 Å². The van der Waals surface area contributed by atoms with Crippen molar-refractivity contribution >= 4 is 38.9 Å². The van der Waals surface area contributed by atoms with Gasteiger partial charge < -0.3 is 19.0 Å². The predicted molar refractivity (Wildman–Crippen MR) is 76.4 cm³/mol. The zero-order valence-corrected chi connectivity index (χ0v) is 10.8. The summed E-state index contributed by atoms with van der Waals surface area (Å²) in [7, 11) is 0. The molecule has 0 saturated carbocycles. The summed E-state index contributed by atoms with van der Waals surface area (Å²) >= 11 is 0. The van der Waals surface area contributed by atoms with E-state index in [1.54, 1.807) is 24.3 Å². The van der Waals surface area contributed by atoms with Crippen LogP contribution in [0.1, 0.15) is 16.1 Å². The number of aromatic carboxylic acids is 1. The van der Waals surface area contributed by atoms with Gasteiger partial charge in [-0.1, -0.05) is 6.07 Å². The molecule has 2 N–H and O–H groups in total. The third kappa shape index (κ3) is 1.64. The van der Waals surface area contributed by atoms with Gasteiger partial charge in [-0.15, -0.1) is 0 Å². The van der Waals surface area contributed by atoms with E-state index >= 15 is 0 Å². The topological polar surface area (TPSA) is 83.8 Å². The minimum absolute atomic E-state index is 0.0651. The van der Waals surface area contributed by atoms with Crippen LogP contribution in [0.4, 0.5) is 0 Å². The average Bonchev–Trinajstić information content (AvgIpc) is 3.06. The lowest BCUT2D eigenvalue weighted by molar-refractivity contribution is 0.0665. The fraction of sp³-hybridized carbons (Fsp3) is 0.0625. The molecule has 104 valence electrons. The van der Waals surface area contributed by atoms with Gasteiger partial charge in [-0.25, -0.2) is 4.79 Å². The van der Waals surface area contributed by atoms with Crippen LogP contribution >= 0.6 is 0 Å². The van der Waals surface area contributed by atoms with Crippen molar-refractivity contribution in [3.05, 3.63) is 47.7 Å². The van der Waals surface area contributed by atoms with Crippen molar-refractivity contribution in [2.24, 2.45) is 0 Å². The summed E-state index contributed by atoms with van der Waals surface area (Å²) in [5, 5.41) is 20.7. The van der Waals surface area contributed by atoms with Gasteiger partial charge in [-0.2, -0.15) is 0 Å². The maximum Gasteiger partial charge on any atom is 0.371 e. The van der Waals surface area contributed by atoms with Gasteiger partial charge in [0.15, 0.2) is 0 Å². The molecule has 4 rings (SSSR count). The lowest BCUT2D eigenvalue weighted by Crippen LogP contribution is -1.91. The molecular weight excluding hydrogens is 272 g/mol. The number of fused-ring (bicyclic) bond motifs is 5. The van der Waals surface area contributed by atoms with Crippen LogP contribution in [0.25, 0.3) is 32.9 Å². The third-order valence-corrected chi connectivity index (χ3v) is 3.59. The Hall–Kier alpha value is -2.79. The van der Waals surface area contributed by atoms with Gasteiger partial charge in [-0.05, 0) is 29.8 Å². The first-order valence-corrected chi connectivity index (χ1v) is 6.39. The van der Waals surface area contributed by atoms with Crippen molar-refractivity contribution in [1.82, 2.24) is 0 Å². The number of benzene rings is 2. The molecule has 0 aliphatic rings. The van der Waals surface area contributed by atoms with E-state index in [1.165, 1.54) is 6.07 Å². The molecule has 0 aliphatic heterocycles. The number of aliphatic hydroxyl groups is 1. The molecule has 0 aliphatic carbocycles. The van der Waals surface area contributed by atoms with Gasteiger partial charge in [0.2, 0.25) is 5.76 Å². The van der Waals surface area contributed by atoms with Crippen molar-refractivity contribution in [1.29, 1.82) is 0 Å². The van der Waals surface area contributed by atoms with E-state index < -0.39 is 5.97 Å². The van der Waals surface area contributed by atoms with E-state index in [9.17, 15) is 9.90 Å². The minimum atomic E-state index is -1.11. The molecule has 2 heterocycles. The number of furan rings is 2. The number of carboxylic acids is 1. The van der Waals surface area contributed by atoms with Crippen LogP contribution in [0.15, 0.2) is 45.2 Å². The number of hydrogen-bond acceptors (Lipinski definition) is 4. The Morgan fingerprint density at radius 3 is 2.38 bits per heavy atom. The standard InChI is InChI=1S/C16H10O5/c17-7-8-1-2-11-9(5-8)15-10-6-14(16(18)19)21-12(10)3-4-13(15)20-11/h1-6,17H,7H2,(H,18,19). The molecule has 0 spiro atoms. The maximum absolute atomic E-state index is 11.1. The Kier molecular flexibility index (Phi) is 2.34. The van der Waals surface area contributed by atoms with Crippen molar-refractivity contribution in [2.45, 2.75) is 6.61 Å². The van der Waals surface area contributed by atoms with Gasteiger partial charge in [-0.3, -0.25) is 0 Å². The first-order chi connectivity index (χ1) is 10.2. The Balaban J connectivity index is 2.18. The SMILES string of the molecule is O=C(O)c1cc2c(ccc3oc4ccc(CO)cc4c32)o1. The van der Waals surface area contributed by atoms with Crippen LogP contribution in [0, 0.1) is 0 Å². The van der Waals surface area contributed by atoms with E-state index in [0.717, 1.165) is 16.3 Å². The molecule has 0 saturated heterocycles. The highest BCUT2D eigenvalue weighted by molar-refractivity contribution is 6.18. The average molecular weight is 282 g/mol. The molecule has 2 aromatic heterocycles. The second kappa shape index (κ2) is 4.10. The fourth-order valence-electron chi connectivity index (χ4n) is 2.64. The fourth-order valence-corrected chi connectivity index (χ4v) is 2.64. The predicted octanol–water partition coefficient (Wildman–Crippen LogP) is 3.52. The molecule has 0 bridgehead atoms. The number of aliphatic hydroxyl groups excluding tert-OH is 1. The highest BCUT2D eigenvalue weighted by atomic mass is 16.4. The molecule has 5 nitrogen and oxygen atoms in total. The van der Waals surface area contributed by atoms with Gasteiger partial charge in [0.25, 0.3) is 0 Å². The summed E-state index contributed by atoms with van der Waals surface area (Å²) in [6.07, 6.45) is 0. The third-order valence-electron chi connectivity index (χ3n) is 3.59. The van der Waals surface area contributed by atoms with E-state index in [0.29, 0.717) is 22.1 Å². The monoisotopic (exact) mass is 282 g/mol. The molecule has 0 fully saturated rings. The van der Waals surface area contributed by atoms with Gasteiger partial charge in [0, 0.05) is 22.2 Å². The van der Waals surface area contributed by atoms with Gasteiger partial charge >= 0.3 is 5.97 Å². The first kappa shape index (κ1) is 12.0. The van der Waals surface area contributed by atoms with Crippen LogP contribution < -0.4 is 0 Å². The zero-order chi connectivity index (χ0) is 14.6. The molecule has 0 unspecified atom stereocenters. The second-order valence-corrected chi connectivity index (χ2v) is 4.86. The lowest BCUT2D eigenvalue weighted by atomic mass is 10.1. The summed E-state index contributed by atoms with van der Waals surface area (Å²) in [5.41, 5.74) is 2.61.